The van der Waals surface area contributed by atoms with E-state index in [1.165, 1.54) is 6.26 Å². The Labute approximate surface area is 89.9 Å². The van der Waals surface area contributed by atoms with Gasteiger partial charge >= 0.3 is 0 Å². The van der Waals surface area contributed by atoms with Crippen LogP contribution >= 0.6 is 0 Å². The van der Waals surface area contributed by atoms with Crippen molar-refractivity contribution < 1.29 is 14.6 Å². The first-order valence-corrected chi connectivity index (χ1v) is 5.21. The maximum Gasteiger partial charge on any atom is 0.133 e. The maximum atomic E-state index is 9.62. The number of aliphatic hydroxyl groups is 2. The normalized spacial score (nSPS) is 15.5. The van der Waals surface area contributed by atoms with Gasteiger partial charge < -0.3 is 19.9 Å². The average Bonchev–Trinajstić information content (AvgIpc) is 2.70. The molecule has 0 fully saturated rings. The average molecular weight is 213 g/mol. The van der Waals surface area contributed by atoms with E-state index in [-0.39, 0.29) is 12.0 Å². The van der Waals surface area contributed by atoms with E-state index < -0.39 is 6.10 Å². The van der Waals surface area contributed by atoms with Gasteiger partial charge in [-0.25, -0.2) is 0 Å². The van der Waals surface area contributed by atoms with Gasteiger partial charge in [-0.2, -0.15) is 0 Å². The Hall–Kier alpha value is -0.840. The van der Waals surface area contributed by atoms with Crippen molar-refractivity contribution in [3.05, 3.63) is 24.2 Å². The zero-order chi connectivity index (χ0) is 11.3. The van der Waals surface area contributed by atoms with Crippen LogP contribution in [0.4, 0.5) is 0 Å². The van der Waals surface area contributed by atoms with Crippen molar-refractivity contribution in [2.45, 2.75) is 26.1 Å². The highest BCUT2D eigenvalue weighted by molar-refractivity contribution is 5.02. The van der Waals surface area contributed by atoms with Gasteiger partial charge in [0.05, 0.1) is 12.4 Å². The molecular formula is C11H19NO3. The summed E-state index contributed by atoms with van der Waals surface area (Å²) in [6.07, 6.45) is 0.495. The summed E-state index contributed by atoms with van der Waals surface area (Å²) in [6, 6.07) is 3.47. The highest BCUT2D eigenvalue weighted by Crippen LogP contribution is 2.11. The van der Waals surface area contributed by atoms with Gasteiger partial charge in [0, 0.05) is 13.1 Å². The molecule has 0 amide bonds. The van der Waals surface area contributed by atoms with Gasteiger partial charge in [-0.15, -0.1) is 0 Å². The van der Waals surface area contributed by atoms with Crippen LogP contribution < -0.4 is 5.32 Å². The largest absolute Gasteiger partial charge is 0.467 e. The number of nitrogens with one attached hydrogen (secondary N) is 1. The number of rotatable bonds is 6. The summed E-state index contributed by atoms with van der Waals surface area (Å²) in [4.78, 5) is 0. The third kappa shape index (κ3) is 4.03. The topological polar surface area (TPSA) is 65.6 Å². The minimum absolute atomic E-state index is 0.221. The van der Waals surface area contributed by atoms with Crippen LogP contribution in [0.2, 0.25) is 0 Å². The van der Waals surface area contributed by atoms with Gasteiger partial charge in [-0.05, 0) is 18.1 Å². The lowest BCUT2D eigenvalue weighted by molar-refractivity contribution is 0.108. The van der Waals surface area contributed by atoms with E-state index in [1.807, 2.05) is 13.8 Å². The van der Waals surface area contributed by atoms with Gasteiger partial charge in [-0.1, -0.05) is 13.8 Å². The molecule has 2 unspecified atom stereocenters. The number of hydrogen-bond acceptors (Lipinski definition) is 4. The second-order valence-corrected chi connectivity index (χ2v) is 4.00. The highest BCUT2D eigenvalue weighted by atomic mass is 16.4. The summed E-state index contributed by atoms with van der Waals surface area (Å²) in [5.41, 5.74) is 0. The first-order chi connectivity index (χ1) is 7.11. The van der Waals surface area contributed by atoms with Crippen molar-refractivity contribution in [3.8, 4) is 0 Å². The fourth-order valence-electron chi connectivity index (χ4n) is 1.19. The molecule has 1 heterocycles. The predicted octanol–water partition coefficient (Wildman–Crippen LogP) is 0.919. The Morgan fingerprint density at radius 3 is 2.60 bits per heavy atom. The summed E-state index contributed by atoms with van der Waals surface area (Å²) < 4.78 is 5.05. The Bertz CT molecular complexity index is 259. The van der Waals surface area contributed by atoms with Crippen molar-refractivity contribution in [1.29, 1.82) is 0 Å². The Morgan fingerprint density at radius 1 is 1.33 bits per heavy atom. The molecule has 0 bridgehead atoms. The molecule has 4 nitrogen and oxygen atoms in total. The molecular weight excluding hydrogens is 194 g/mol. The molecule has 0 spiro atoms. The minimum Gasteiger partial charge on any atom is -0.467 e. The standard InChI is InChI=1S/C11H19NO3/c1-8(2)9(13)6-12-7-10(14)11-4-3-5-15-11/h3-5,8-10,12-14H,6-7H2,1-2H3. The van der Waals surface area contributed by atoms with Crippen molar-refractivity contribution in [3.63, 3.8) is 0 Å². The number of aliphatic hydroxyl groups excluding tert-OH is 2. The molecule has 0 aliphatic heterocycles. The number of furan rings is 1. The van der Waals surface area contributed by atoms with Gasteiger partial charge in [0.1, 0.15) is 11.9 Å². The van der Waals surface area contributed by atoms with Crippen molar-refractivity contribution in [2.24, 2.45) is 5.92 Å². The lowest BCUT2D eigenvalue weighted by Crippen LogP contribution is -2.33. The second kappa shape index (κ2) is 5.90. The molecule has 0 aliphatic rings. The minimum atomic E-state index is -0.653. The van der Waals surface area contributed by atoms with Gasteiger partial charge in [0.15, 0.2) is 0 Å². The van der Waals surface area contributed by atoms with Crippen LogP contribution in [0, 0.1) is 5.92 Å². The van der Waals surface area contributed by atoms with Crippen molar-refractivity contribution in [2.75, 3.05) is 13.1 Å². The monoisotopic (exact) mass is 213 g/mol. The van der Waals surface area contributed by atoms with Crippen LogP contribution in [0.5, 0.6) is 0 Å². The van der Waals surface area contributed by atoms with Crippen LogP contribution in [-0.4, -0.2) is 29.4 Å². The molecule has 0 aromatic carbocycles. The zero-order valence-electron chi connectivity index (χ0n) is 9.18. The smallest absolute Gasteiger partial charge is 0.133 e. The lowest BCUT2D eigenvalue weighted by atomic mass is 10.1. The Kier molecular flexibility index (Phi) is 4.81. The molecule has 4 heteroatoms. The van der Waals surface area contributed by atoms with Crippen LogP contribution in [0.3, 0.4) is 0 Å². The third-order valence-electron chi connectivity index (χ3n) is 2.33. The summed E-state index contributed by atoms with van der Waals surface area (Å²) in [5, 5.41) is 22.1. The van der Waals surface area contributed by atoms with E-state index in [0.29, 0.717) is 18.8 Å². The molecule has 1 aromatic heterocycles. The van der Waals surface area contributed by atoms with E-state index in [9.17, 15) is 10.2 Å². The summed E-state index contributed by atoms with van der Waals surface area (Å²) in [5.74, 6) is 0.764. The fraction of sp³-hybridized carbons (Fsp3) is 0.636. The molecule has 0 saturated carbocycles. The first kappa shape index (κ1) is 12.2. The van der Waals surface area contributed by atoms with Gasteiger partial charge in [-0.3, -0.25) is 0 Å². The molecule has 2 atom stereocenters. The second-order valence-electron chi connectivity index (χ2n) is 4.00. The van der Waals surface area contributed by atoms with Crippen LogP contribution in [0.1, 0.15) is 25.7 Å². The fourth-order valence-corrected chi connectivity index (χ4v) is 1.19. The Balaban J connectivity index is 2.21. The highest BCUT2D eigenvalue weighted by Gasteiger charge is 2.12. The van der Waals surface area contributed by atoms with E-state index in [1.54, 1.807) is 12.1 Å². The first-order valence-electron chi connectivity index (χ1n) is 5.21. The quantitative estimate of drug-likeness (QED) is 0.657. The van der Waals surface area contributed by atoms with E-state index in [4.69, 9.17) is 4.42 Å². The molecule has 86 valence electrons. The lowest BCUT2D eigenvalue weighted by Gasteiger charge is -2.16. The van der Waals surface area contributed by atoms with E-state index in [2.05, 4.69) is 5.32 Å². The van der Waals surface area contributed by atoms with E-state index in [0.717, 1.165) is 0 Å². The summed E-state index contributed by atoms with van der Waals surface area (Å²) in [7, 11) is 0. The molecule has 0 radical (unpaired) electrons. The molecule has 1 aromatic rings. The van der Waals surface area contributed by atoms with Crippen LogP contribution in [0.15, 0.2) is 22.8 Å². The van der Waals surface area contributed by atoms with Gasteiger partial charge in [0.25, 0.3) is 0 Å². The zero-order valence-corrected chi connectivity index (χ0v) is 9.18. The number of hydrogen-bond donors (Lipinski definition) is 3. The SMILES string of the molecule is CC(C)C(O)CNCC(O)c1ccco1. The Morgan fingerprint density at radius 2 is 2.07 bits per heavy atom. The van der Waals surface area contributed by atoms with Crippen LogP contribution in [-0.2, 0) is 0 Å². The van der Waals surface area contributed by atoms with E-state index >= 15 is 0 Å². The summed E-state index contributed by atoms with van der Waals surface area (Å²) >= 11 is 0. The third-order valence-corrected chi connectivity index (χ3v) is 2.33. The van der Waals surface area contributed by atoms with Gasteiger partial charge in [0.2, 0.25) is 0 Å². The van der Waals surface area contributed by atoms with Crippen molar-refractivity contribution >= 4 is 0 Å². The predicted molar refractivity (Wildman–Crippen MR) is 57.4 cm³/mol. The van der Waals surface area contributed by atoms with Crippen LogP contribution in [0.25, 0.3) is 0 Å². The maximum absolute atomic E-state index is 9.62. The molecule has 1 rings (SSSR count). The van der Waals surface area contributed by atoms with Crippen molar-refractivity contribution in [1.82, 2.24) is 5.32 Å². The molecule has 0 aliphatic carbocycles. The molecule has 0 saturated heterocycles. The molecule has 3 N–H and O–H groups in total. The molecule has 15 heavy (non-hydrogen) atoms. The summed E-state index contributed by atoms with van der Waals surface area (Å²) in [6.45, 7) is 4.78.